The summed E-state index contributed by atoms with van der Waals surface area (Å²) in [5, 5.41) is 9.20. The number of nitrogens with one attached hydrogen (secondary N) is 3. The van der Waals surface area contributed by atoms with Crippen molar-refractivity contribution in [1.29, 1.82) is 0 Å². The standard InChI is InChI=1S/C34H41N5O3.C31H27N3O3.C23H29N5O2.C13H22N4O2/c1-24(40)38-18-15-26(16-19-38)23-39-32(41)34(2,37-33(39)35)29-11-7-10-27(20-29)31-21-30(42-3)13-12-28(31)22-36-17-14-25-8-5-4-6-9-25;1-2-37-28(35)25-14-10-13-24(20-25)23-12-9-11-22(19-23)21-34-29(36)31(33-30(34)32,26-15-5-3-6-16-26)27-17-7-4-8-18-27;1-2-3-15-25-22(30)26-16-10-17-28-20(29)23(27-21(28)24,18-11-6-4-7-12-18)19-13-8-5-9-14-19;1-9(18)17-6-4-5-10(8-17)13(2)7-11(19)16(3)12(14)15-13/h4-13,20-21,26,36H,14-19,22-23H2,1-3H3,(H2,35,37);3-20H,2,21H2,1H3,(H2,32,33);4-9,11-14H,2-3,10,15-17H2,1H3,(H2,24,27)(H2,25,26,30);10H,4-8H2,1-3H3,(H2,14,15)/t;;;10?,13-/m...0/s1. The fourth-order valence-electron chi connectivity index (χ4n) is 17.2. The van der Waals surface area contributed by atoms with Crippen LogP contribution in [0.1, 0.15) is 148 Å². The summed E-state index contributed by atoms with van der Waals surface area (Å²) in [6, 6.07) is 77.6. The zero-order valence-corrected chi connectivity index (χ0v) is 74.5. The van der Waals surface area contributed by atoms with Gasteiger partial charge < -0.3 is 58.2 Å². The highest BCUT2D eigenvalue weighted by Crippen LogP contribution is 2.44. The fraction of sp³-hybridized carbons (Fsp3) is 0.347. The highest BCUT2D eigenvalue weighted by molar-refractivity contribution is 6.11. The minimum absolute atomic E-state index is 0.00468. The maximum absolute atomic E-state index is 14.1. The Morgan fingerprint density at radius 1 is 0.508 bits per heavy atom. The number of amides is 8. The molecule has 0 aromatic heterocycles. The van der Waals surface area contributed by atoms with E-state index < -0.39 is 22.2 Å². The van der Waals surface area contributed by atoms with E-state index >= 15 is 0 Å². The topological polar surface area (TPSA) is 364 Å². The maximum Gasteiger partial charge on any atom is 0.338 e. The number of unbranched alkanes of at least 4 members (excludes halogenated alkanes) is 1. The fourth-order valence-corrected chi connectivity index (χ4v) is 17.2. The minimum Gasteiger partial charge on any atom is -0.497 e. The molecule has 0 spiro atoms. The molecule has 3 atom stereocenters. The molecule has 6 aliphatic rings. The van der Waals surface area contributed by atoms with Crippen molar-refractivity contribution in [3.8, 4) is 28.0 Å². The molecule has 15 rings (SSSR count). The minimum atomic E-state index is -1.24. The van der Waals surface area contributed by atoms with Crippen LogP contribution < -0.4 is 43.6 Å². The second kappa shape index (κ2) is 42.9. The van der Waals surface area contributed by atoms with Gasteiger partial charge in [-0.05, 0) is 181 Å². The first-order chi connectivity index (χ1) is 61.7. The second-order valence-electron chi connectivity index (χ2n) is 33.2. The summed E-state index contributed by atoms with van der Waals surface area (Å²) in [6.07, 6.45) is 7.50. The Balaban J connectivity index is 0.000000160. The Kier molecular flexibility index (Phi) is 31.3. The lowest BCUT2D eigenvalue weighted by molar-refractivity contribution is -0.133. The van der Waals surface area contributed by atoms with Gasteiger partial charge in [-0.1, -0.05) is 220 Å². The van der Waals surface area contributed by atoms with Crippen molar-refractivity contribution in [1.82, 2.24) is 45.3 Å². The first-order valence-electron chi connectivity index (χ1n) is 44.0. The van der Waals surface area contributed by atoms with Crippen LogP contribution in [0, 0.1) is 11.8 Å². The van der Waals surface area contributed by atoms with Gasteiger partial charge in [-0.15, -0.1) is 0 Å². The SMILES string of the molecule is CC(=O)N1CCCC([C@]2(C)CC(=O)N(C)C(N)=N2)C1.CCCCNC(=O)NCCCN1C(=O)C(c2ccccc2)(c2ccccc2)N=C1N.CCOC(=O)c1cccc(-c2cccc(CN3C(=O)C(c4ccccc4)(c4ccccc4)N=C3N)c2)c1.COc1ccc(CNCCc2ccccc2)c(-c2cccc(C3(C)N=C(N)N(CC4CCN(C(C)=O)CC4)C3=O)c2)c1. The number of aliphatic imine (C=N–C) groups is 4. The van der Waals surface area contributed by atoms with Crippen molar-refractivity contribution in [3.63, 3.8) is 0 Å². The summed E-state index contributed by atoms with van der Waals surface area (Å²) in [6.45, 7) is 17.9. The summed E-state index contributed by atoms with van der Waals surface area (Å²) in [4.78, 5) is 129. The normalized spacial score (nSPS) is 18.8. The highest BCUT2D eigenvalue weighted by atomic mass is 16.5. The molecule has 0 bridgehead atoms. The number of carbonyl (C=O) groups excluding carboxylic acids is 8. The molecule has 8 amide bonds. The number of guanidine groups is 4. The van der Waals surface area contributed by atoms with Gasteiger partial charge in [0.05, 0.1) is 37.8 Å². The Labute approximate surface area is 750 Å². The Morgan fingerprint density at radius 2 is 1.03 bits per heavy atom. The average Bonchev–Trinajstić information content (AvgIpc) is 1.58. The number of esters is 1. The van der Waals surface area contributed by atoms with E-state index in [0.29, 0.717) is 77.4 Å². The molecular weight excluding hydrogens is 1610 g/mol. The van der Waals surface area contributed by atoms with Crippen LogP contribution in [0.4, 0.5) is 4.79 Å². The van der Waals surface area contributed by atoms with Crippen LogP contribution in [0.25, 0.3) is 22.3 Å². The summed E-state index contributed by atoms with van der Waals surface area (Å²) in [5.41, 5.74) is 32.3. The van der Waals surface area contributed by atoms with Gasteiger partial charge in [-0.25, -0.2) is 29.6 Å². The van der Waals surface area contributed by atoms with E-state index in [2.05, 4.69) is 69.3 Å². The van der Waals surface area contributed by atoms with E-state index in [1.807, 2.05) is 224 Å². The molecule has 128 heavy (non-hydrogen) atoms. The van der Waals surface area contributed by atoms with Crippen molar-refractivity contribution in [2.24, 2.45) is 54.7 Å². The lowest BCUT2D eigenvalue weighted by atomic mass is 9.77. The zero-order chi connectivity index (χ0) is 91.1. The van der Waals surface area contributed by atoms with Gasteiger partial charge in [0, 0.05) is 85.7 Å². The smallest absolute Gasteiger partial charge is 0.338 e. The van der Waals surface area contributed by atoms with E-state index in [-0.39, 0.29) is 89.7 Å². The van der Waals surface area contributed by atoms with Gasteiger partial charge in [0.2, 0.25) is 17.7 Å². The molecule has 0 aliphatic carbocycles. The number of urea groups is 1. The number of hydrogen-bond donors (Lipinski definition) is 7. The monoisotopic (exact) mass is 1730 g/mol. The largest absolute Gasteiger partial charge is 0.497 e. The van der Waals surface area contributed by atoms with Crippen molar-refractivity contribution in [2.75, 3.05) is 79.7 Å². The summed E-state index contributed by atoms with van der Waals surface area (Å²) >= 11 is 0. The number of methoxy groups -OCH3 is 1. The van der Waals surface area contributed by atoms with Gasteiger partial charge in [-0.2, -0.15) is 0 Å². The number of nitrogens with zero attached hydrogens (tertiary/aromatic N) is 10. The molecule has 9 aromatic carbocycles. The van der Waals surface area contributed by atoms with Crippen LogP contribution in [-0.4, -0.2) is 186 Å². The molecule has 2 fully saturated rings. The highest BCUT2D eigenvalue weighted by Gasteiger charge is 2.53. The first-order valence-corrected chi connectivity index (χ1v) is 44.0. The number of ether oxygens (including phenoxy) is 2. The number of piperidine rings is 2. The third-order valence-electron chi connectivity index (χ3n) is 24.5. The lowest BCUT2D eigenvalue weighted by Crippen LogP contribution is -2.54. The van der Waals surface area contributed by atoms with Crippen molar-refractivity contribution < 1.29 is 47.8 Å². The van der Waals surface area contributed by atoms with E-state index in [4.69, 9.17) is 42.4 Å². The van der Waals surface area contributed by atoms with Gasteiger partial charge in [0.1, 0.15) is 5.75 Å². The molecule has 2 unspecified atom stereocenters. The van der Waals surface area contributed by atoms with Crippen LogP contribution in [0.15, 0.2) is 263 Å². The average molecular weight is 1730 g/mol. The van der Waals surface area contributed by atoms with E-state index in [1.54, 1.807) is 45.9 Å². The van der Waals surface area contributed by atoms with Crippen LogP contribution in [0.5, 0.6) is 5.75 Å². The number of benzene rings is 9. The maximum atomic E-state index is 14.1. The Hall–Kier alpha value is -13.8. The predicted octanol–water partition coefficient (Wildman–Crippen LogP) is 12.2. The van der Waals surface area contributed by atoms with Crippen molar-refractivity contribution in [3.05, 3.63) is 293 Å². The van der Waals surface area contributed by atoms with Crippen LogP contribution in [0.2, 0.25) is 0 Å². The molecule has 27 heteroatoms. The van der Waals surface area contributed by atoms with Gasteiger partial charge >= 0.3 is 12.0 Å². The first kappa shape index (κ1) is 93.3. The van der Waals surface area contributed by atoms with Crippen molar-refractivity contribution in [2.45, 2.75) is 135 Å². The van der Waals surface area contributed by atoms with Crippen LogP contribution in [0.3, 0.4) is 0 Å². The van der Waals surface area contributed by atoms with E-state index in [9.17, 15) is 38.4 Å². The number of likely N-dealkylation sites (tertiary alicyclic amines) is 2. The second-order valence-corrected chi connectivity index (χ2v) is 33.2. The zero-order valence-electron chi connectivity index (χ0n) is 74.5. The molecule has 668 valence electrons. The molecule has 0 saturated carbocycles. The number of hydrogen-bond acceptors (Lipinski definition) is 19. The number of nitrogens with two attached hydrogens (primary N) is 4. The lowest BCUT2D eigenvalue weighted by Gasteiger charge is -2.43. The van der Waals surface area contributed by atoms with E-state index in [0.717, 1.165) is 125 Å². The third-order valence-corrected chi connectivity index (χ3v) is 24.5. The molecule has 9 aromatic rings. The third kappa shape index (κ3) is 21.8. The molecule has 2 saturated heterocycles. The summed E-state index contributed by atoms with van der Waals surface area (Å²) in [7, 11) is 3.31. The van der Waals surface area contributed by atoms with Gasteiger partial charge in [-0.3, -0.25) is 48.4 Å². The number of rotatable bonds is 27. The molecule has 6 heterocycles. The predicted molar refractivity (Wildman–Crippen MR) is 500 cm³/mol. The van der Waals surface area contributed by atoms with Gasteiger partial charge in [0.15, 0.2) is 40.5 Å². The van der Waals surface area contributed by atoms with Crippen LogP contribution >= 0.6 is 0 Å². The van der Waals surface area contributed by atoms with E-state index in [1.165, 1.54) is 20.3 Å². The summed E-state index contributed by atoms with van der Waals surface area (Å²) in [5.74, 6) is 1.49. The van der Waals surface area contributed by atoms with Crippen molar-refractivity contribution >= 4 is 71.3 Å². The molecule has 6 aliphatic heterocycles. The van der Waals surface area contributed by atoms with Gasteiger partial charge in [0.25, 0.3) is 17.7 Å². The molecular formula is C101H119N17O10. The summed E-state index contributed by atoms with van der Waals surface area (Å²) < 4.78 is 10.7. The quantitative estimate of drug-likeness (QED) is 0.0186. The Morgan fingerprint density at radius 3 is 1.60 bits per heavy atom. The van der Waals surface area contributed by atoms with Crippen LogP contribution in [-0.2, 0) is 69.6 Å². The number of carbonyl (C=O) groups is 8. The molecule has 0 radical (unpaired) electrons. The molecule has 11 N–H and O–H groups in total. The Bertz CT molecular complexity index is 5440. The molecule has 27 nitrogen and oxygen atoms in total.